The lowest BCUT2D eigenvalue weighted by Crippen LogP contribution is -2.07. The third-order valence-corrected chi connectivity index (χ3v) is 1.22. The van der Waals surface area contributed by atoms with Crippen molar-refractivity contribution in [2.24, 2.45) is 5.73 Å². The Morgan fingerprint density at radius 1 is 1.46 bits per heavy atom. The van der Waals surface area contributed by atoms with Crippen LogP contribution in [-0.2, 0) is 6.18 Å². The standard InChI is InChI=1S/C6H6F3N3O/c1-2-3(10)4-11-12-5(13-4)6(7,8)9/h2-3H,1,10H2/t3-/m1/s1. The number of alkyl halides is 3. The first kappa shape index (κ1) is 9.72. The van der Waals surface area contributed by atoms with Gasteiger partial charge in [-0.05, 0) is 0 Å². The predicted octanol–water partition coefficient (Wildman–Crippen LogP) is 1.27. The normalized spacial score (nSPS) is 14.2. The molecule has 0 aliphatic rings. The van der Waals surface area contributed by atoms with Crippen LogP contribution < -0.4 is 5.73 Å². The fourth-order valence-electron chi connectivity index (χ4n) is 0.585. The molecule has 1 rings (SSSR count). The van der Waals surface area contributed by atoms with Crippen LogP contribution in [0.25, 0.3) is 0 Å². The van der Waals surface area contributed by atoms with Gasteiger partial charge in [0.2, 0.25) is 5.89 Å². The largest absolute Gasteiger partial charge is 0.470 e. The van der Waals surface area contributed by atoms with Gasteiger partial charge in [0.25, 0.3) is 0 Å². The van der Waals surface area contributed by atoms with Gasteiger partial charge < -0.3 is 10.2 Å². The Balaban J connectivity index is 2.93. The predicted molar refractivity (Wildman–Crippen MR) is 36.4 cm³/mol. The fourth-order valence-corrected chi connectivity index (χ4v) is 0.585. The van der Waals surface area contributed by atoms with Crippen molar-refractivity contribution in [1.82, 2.24) is 10.2 Å². The first-order chi connectivity index (χ1) is 5.95. The number of hydrogen-bond acceptors (Lipinski definition) is 4. The topological polar surface area (TPSA) is 64.9 Å². The molecule has 0 unspecified atom stereocenters. The second-order valence-corrected chi connectivity index (χ2v) is 2.20. The van der Waals surface area contributed by atoms with Crippen molar-refractivity contribution in [2.75, 3.05) is 0 Å². The summed E-state index contributed by atoms with van der Waals surface area (Å²) >= 11 is 0. The van der Waals surface area contributed by atoms with Gasteiger partial charge in [0.1, 0.15) is 6.04 Å². The van der Waals surface area contributed by atoms with E-state index in [0.717, 1.165) is 0 Å². The van der Waals surface area contributed by atoms with Crippen LogP contribution in [-0.4, -0.2) is 10.2 Å². The second kappa shape index (κ2) is 3.17. The van der Waals surface area contributed by atoms with Gasteiger partial charge >= 0.3 is 12.1 Å². The smallest absolute Gasteiger partial charge is 0.415 e. The molecule has 0 saturated carbocycles. The maximum Gasteiger partial charge on any atom is 0.470 e. The number of hydrogen-bond donors (Lipinski definition) is 1. The Bertz CT molecular complexity index is 306. The van der Waals surface area contributed by atoms with Crippen molar-refractivity contribution < 1.29 is 17.6 Å². The molecule has 0 saturated heterocycles. The maximum absolute atomic E-state index is 11.9. The quantitative estimate of drug-likeness (QED) is 0.718. The molecule has 0 spiro atoms. The average Bonchev–Trinajstić information content (AvgIpc) is 2.50. The van der Waals surface area contributed by atoms with Crippen LogP contribution in [0.3, 0.4) is 0 Å². The van der Waals surface area contributed by atoms with E-state index in [4.69, 9.17) is 5.73 Å². The highest BCUT2D eigenvalue weighted by Gasteiger charge is 2.38. The van der Waals surface area contributed by atoms with Crippen LogP contribution >= 0.6 is 0 Å². The summed E-state index contributed by atoms with van der Waals surface area (Å²) in [6.45, 7) is 3.27. The Kier molecular flexibility index (Phi) is 2.37. The molecule has 0 radical (unpaired) electrons. The van der Waals surface area contributed by atoms with E-state index in [1.165, 1.54) is 6.08 Å². The average molecular weight is 193 g/mol. The van der Waals surface area contributed by atoms with E-state index >= 15 is 0 Å². The molecule has 13 heavy (non-hydrogen) atoms. The third-order valence-electron chi connectivity index (χ3n) is 1.22. The molecule has 1 aromatic heterocycles. The van der Waals surface area contributed by atoms with Crippen molar-refractivity contribution in [1.29, 1.82) is 0 Å². The van der Waals surface area contributed by atoms with Crippen LogP contribution in [0, 0.1) is 0 Å². The minimum absolute atomic E-state index is 0.303. The number of halogens is 3. The van der Waals surface area contributed by atoms with Gasteiger partial charge in [-0.25, -0.2) is 0 Å². The third kappa shape index (κ3) is 2.05. The van der Waals surface area contributed by atoms with Gasteiger partial charge in [0.05, 0.1) is 0 Å². The number of nitrogens with two attached hydrogens (primary N) is 1. The molecular weight excluding hydrogens is 187 g/mol. The van der Waals surface area contributed by atoms with Crippen LogP contribution in [0.15, 0.2) is 17.1 Å². The number of rotatable bonds is 2. The Hall–Kier alpha value is -1.37. The molecule has 1 heterocycles. The van der Waals surface area contributed by atoms with E-state index in [0.29, 0.717) is 0 Å². The monoisotopic (exact) mass is 193 g/mol. The van der Waals surface area contributed by atoms with Crippen molar-refractivity contribution in [3.8, 4) is 0 Å². The molecule has 7 heteroatoms. The van der Waals surface area contributed by atoms with E-state index in [9.17, 15) is 13.2 Å². The SMILES string of the molecule is C=C[C@@H](N)c1nnc(C(F)(F)F)o1. The highest BCUT2D eigenvalue weighted by Crippen LogP contribution is 2.28. The van der Waals surface area contributed by atoms with Gasteiger partial charge in [0.15, 0.2) is 0 Å². The first-order valence-corrected chi connectivity index (χ1v) is 3.24. The Labute approximate surface area is 71.2 Å². The lowest BCUT2D eigenvalue weighted by molar-refractivity contribution is -0.157. The Morgan fingerprint density at radius 2 is 2.08 bits per heavy atom. The van der Waals surface area contributed by atoms with E-state index in [1.807, 2.05) is 0 Å². The summed E-state index contributed by atoms with van der Waals surface area (Å²) in [4.78, 5) is 0. The zero-order chi connectivity index (χ0) is 10.1. The number of nitrogens with zero attached hydrogens (tertiary/aromatic N) is 2. The molecule has 0 amide bonds. The van der Waals surface area contributed by atoms with Crippen molar-refractivity contribution in [2.45, 2.75) is 12.2 Å². The molecule has 1 atom stereocenters. The van der Waals surface area contributed by atoms with Gasteiger partial charge in [-0.2, -0.15) is 13.2 Å². The minimum Gasteiger partial charge on any atom is -0.415 e. The molecule has 0 bridgehead atoms. The lowest BCUT2D eigenvalue weighted by atomic mass is 10.3. The van der Waals surface area contributed by atoms with E-state index < -0.39 is 18.1 Å². The highest BCUT2D eigenvalue weighted by molar-refractivity contribution is 4.98. The maximum atomic E-state index is 11.9. The lowest BCUT2D eigenvalue weighted by Gasteiger charge is -1.99. The van der Waals surface area contributed by atoms with Crippen molar-refractivity contribution in [3.05, 3.63) is 24.4 Å². The number of aromatic nitrogens is 2. The van der Waals surface area contributed by atoms with Gasteiger partial charge in [-0.1, -0.05) is 6.08 Å². The molecular formula is C6H6F3N3O. The summed E-state index contributed by atoms with van der Waals surface area (Å²) in [6.07, 6.45) is -3.43. The highest BCUT2D eigenvalue weighted by atomic mass is 19.4. The van der Waals surface area contributed by atoms with Crippen molar-refractivity contribution >= 4 is 0 Å². The Morgan fingerprint density at radius 3 is 2.46 bits per heavy atom. The molecule has 0 aliphatic heterocycles. The van der Waals surface area contributed by atoms with E-state index in [1.54, 1.807) is 0 Å². The summed E-state index contributed by atoms with van der Waals surface area (Å²) in [6, 6.07) is -0.872. The van der Waals surface area contributed by atoms with Crippen LogP contribution in [0.4, 0.5) is 13.2 Å². The van der Waals surface area contributed by atoms with Crippen molar-refractivity contribution in [3.63, 3.8) is 0 Å². The van der Waals surface area contributed by atoms with Gasteiger partial charge in [-0.15, -0.1) is 16.8 Å². The second-order valence-electron chi connectivity index (χ2n) is 2.20. The molecule has 4 nitrogen and oxygen atoms in total. The van der Waals surface area contributed by atoms with Gasteiger partial charge in [-0.3, -0.25) is 0 Å². The van der Waals surface area contributed by atoms with Crippen LogP contribution in [0.2, 0.25) is 0 Å². The van der Waals surface area contributed by atoms with E-state index in [-0.39, 0.29) is 5.89 Å². The molecule has 1 aromatic rings. The van der Waals surface area contributed by atoms with Gasteiger partial charge in [0, 0.05) is 0 Å². The molecule has 72 valence electrons. The first-order valence-electron chi connectivity index (χ1n) is 3.24. The molecule has 0 aliphatic carbocycles. The summed E-state index contributed by atoms with van der Waals surface area (Å²) in [5, 5.41) is 5.91. The summed E-state index contributed by atoms with van der Waals surface area (Å²) in [5.41, 5.74) is 5.27. The summed E-state index contributed by atoms with van der Waals surface area (Å²) in [5.74, 6) is -1.71. The zero-order valence-electron chi connectivity index (χ0n) is 6.38. The summed E-state index contributed by atoms with van der Waals surface area (Å²) < 4.78 is 40.0. The molecule has 2 N–H and O–H groups in total. The van der Waals surface area contributed by atoms with E-state index in [2.05, 4.69) is 21.2 Å². The van der Waals surface area contributed by atoms with Crippen LogP contribution in [0.1, 0.15) is 17.8 Å². The minimum atomic E-state index is -4.63. The molecule has 0 fully saturated rings. The fraction of sp³-hybridized carbons (Fsp3) is 0.333. The molecule has 0 aromatic carbocycles. The zero-order valence-corrected chi connectivity index (χ0v) is 6.38. The summed E-state index contributed by atoms with van der Waals surface area (Å²) in [7, 11) is 0. The van der Waals surface area contributed by atoms with Crippen LogP contribution in [0.5, 0.6) is 0 Å².